The molecule has 0 radical (unpaired) electrons. The summed E-state index contributed by atoms with van der Waals surface area (Å²) >= 11 is 9.38. The molecule has 5 heteroatoms. The van der Waals surface area contributed by atoms with Gasteiger partial charge in [-0.15, -0.1) is 0 Å². The number of alkyl halides is 1. The number of nitrogens with one attached hydrogen (secondary N) is 1. The molecule has 1 amide bonds. The topological polar surface area (TPSA) is 49.3 Å². The molecule has 1 saturated carbocycles. The number of halogens is 2. The first-order valence-corrected chi connectivity index (χ1v) is 8.33. The van der Waals surface area contributed by atoms with E-state index in [0.717, 1.165) is 36.9 Å². The number of aromatic hydroxyl groups is 1. The van der Waals surface area contributed by atoms with E-state index in [-0.39, 0.29) is 22.2 Å². The summed E-state index contributed by atoms with van der Waals surface area (Å²) in [5.41, 5.74) is 0.306. The van der Waals surface area contributed by atoms with Crippen molar-refractivity contribution in [2.24, 2.45) is 5.92 Å². The van der Waals surface area contributed by atoms with Crippen molar-refractivity contribution in [3.05, 3.63) is 28.8 Å². The van der Waals surface area contributed by atoms with Gasteiger partial charge in [0.05, 0.1) is 10.6 Å². The molecular weight excluding hydrogens is 342 g/mol. The Hall–Kier alpha value is -0.740. The van der Waals surface area contributed by atoms with Crippen LogP contribution in [0.2, 0.25) is 5.02 Å². The maximum absolute atomic E-state index is 12.3. The lowest BCUT2D eigenvalue weighted by Gasteiger charge is -2.39. The van der Waals surface area contributed by atoms with Crippen LogP contribution in [0.25, 0.3) is 0 Å². The summed E-state index contributed by atoms with van der Waals surface area (Å²) in [6, 6.07) is 4.53. The van der Waals surface area contributed by atoms with Crippen LogP contribution in [-0.2, 0) is 0 Å². The van der Waals surface area contributed by atoms with E-state index in [1.54, 1.807) is 6.07 Å². The molecule has 2 rings (SSSR count). The van der Waals surface area contributed by atoms with Crippen molar-refractivity contribution in [3.8, 4) is 5.75 Å². The Labute approximate surface area is 132 Å². The highest BCUT2D eigenvalue weighted by Gasteiger charge is 2.34. The second-order valence-corrected chi connectivity index (χ2v) is 6.68. The Morgan fingerprint density at radius 3 is 2.70 bits per heavy atom. The summed E-state index contributed by atoms with van der Waals surface area (Å²) in [5.74, 6) is 0.577. The quantitative estimate of drug-likeness (QED) is 0.797. The fourth-order valence-corrected chi connectivity index (χ4v) is 3.45. The Morgan fingerprint density at radius 1 is 1.50 bits per heavy atom. The van der Waals surface area contributed by atoms with Gasteiger partial charge >= 0.3 is 0 Å². The summed E-state index contributed by atoms with van der Waals surface area (Å²) < 4.78 is 0. The van der Waals surface area contributed by atoms with E-state index in [1.807, 2.05) is 0 Å². The average Bonchev–Trinajstić information content (AvgIpc) is 2.44. The Bertz CT molecular complexity index is 499. The standard InChI is InChI=1S/C15H19BrClNO2/c1-10-4-6-15(9-16,7-5-10)18-14(20)11-2-3-13(19)12(17)8-11/h2-3,8,10,19H,4-7,9H2,1H3,(H,18,20). The molecule has 1 aliphatic rings. The fourth-order valence-electron chi connectivity index (χ4n) is 2.57. The highest BCUT2D eigenvalue weighted by molar-refractivity contribution is 9.09. The Morgan fingerprint density at radius 2 is 2.15 bits per heavy atom. The number of rotatable bonds is 3. The van der Waals surface area contributed by atoms with E-state index in [9.17, 15) is 9.90 Å². The smallest absolute Gasteiger partial charge is 0.251 e. The Balaban J connectivity index is 2.11. The largest absolute Gasteiger partial charge is 0.506 e. The van der Waals surface area contributed by atoms with Gasteiger partial charge in [-0.3, -0.25) is 4.79 Å². The molecule has 0 aliphatic heterocycles. The molecule has 3 nitrogen and oxygen atoms in total. The summed E-state index contributed by atoms with van der Waals surface area (Å²) in [5, 5.41) is 13.5. The molecule has 2 N–H and O–H groups in total. The molecule has 0 bridgehead atoms. The van der Waals surface area contributed by atoms with E-state index < -0.39 is 0 Å². The summed E-state index contributed by atoms with van der Waals surface area (Å²) in [6.45, 7) is 2.25. The van der Waals surface area contributed by atoms with Crippen molar-refractivity contribution in [3.63, 3.8) is 0 Å². The van der Waals surface area contributed by atoms with Crippen LogP contribution in [0.4, 0.5) is 0 Å². The molecule has 1 aromatic carbocycles. The molecule has 0 aromatic heterocycles. The SMILES string of the molecule is CC1CCC(CBr)(NC(=O)c2ccc(O)c(Cl)c2)CC1. The van der Waals surface area contributed by atoms with Gasteiger partial charge < -0.3 is 10.4 Å². The molecule has 0 atom stereocenters. The minimum absolute atomic E-state index is 0.00934. The average molecular weight is 361 g/mol. The fraction of sp³-hybridized carbons (Fsp3) is 0.533. The van der Waals surface area contributed by atoms with Crippen LogP contribution in [-0.4, -0.2) is 21.9 Å². The molecule has 0 unspecified atom stereocenters. The predicted molar refractivity (Wildman–Crippen MR) is 84.7 cm³/mol. The number of phenolic OH excluding ortho intramolecular Hbond substituents is 1. The zero-order chi connectivity index (χ0) is 14.8. The number of hydrogen-bond donors (Lipinski definition) is 2. The molecule has 0 spiro atoms. The zero-order valence-corrected chi connectivity index (χ0v) is 13.8. The van der Waals surface area contributed by atoms with Crippen LogP contribution in [0.15, 0.2) is 18.2 Å². The summed E-state index contributed by atoms with van der Waals surface area (Å²) in [4.78, 5) is 12.3. The van der Waals surface area contributed by atoms with Crippen LogP contribution in [0.1, 0.15) is 43.0 Å². The van der Waals surface area contributed by atoms with Gasteiger partial charge in [0.15, 0.2) is 0 Å². The molecule has 0 heterocycles. The first-order chi connectivity index (χ1) is 9.46. The number of amides is 1. The zero-order valence-electron chi connectivity index (χ0n) is 11.5. The van der Waals surface area contributed by atoms with Crippen molar-refractivity contribution in [1.82, 2.24) is 5.32 Å². The van der Waals surface area contributed by atoms with Crippen LogP contribution in [0.3, 0.4) is 0 Å². The maximum Gasteiger partial charge on any atom is 0.251 e. The first kappa shape index (κ1) is 15.6. The monoisotopic (exact) mass is 359 g/mol. The van der Waals surface area contributed by atoms with Crippen molar-refractivity contribution in [2.75, 3.05) is 5.33 Å². The predicted octanol–water partition coefficient (Wildman–Crippen LogP) is 4.12. The number of carbonyl (C=O) groups excluding carboxylic acids is 1. The van der Waals surface area contributed by atoms with Gasteiger partial charge in [0.25, 0.3) is 5.91 Å². The van der Waals surface area contributed by atoms with Gasteiger partial charge in [0.1, 0.15) is 5.75 Å². The maximum atomic E-state index is 12.3. The molecule has 1 aromatic rings. The van der Waals surface area contributed by atoms with Gasteiger partial charge in [0, 0.05) is 10.9 Å². The summed E-state index contributed by atoms with van der Waals surface area (Å²) in [7, 11) is 0. The molecule has 0 saturated heterocycles. The van der Waals surface area contributed by atoms with Crippen LogP contribution in [0.5, 0.6) is 5.75 Å². The van der Waals surface area contributed by atoms with E-state index in [0.29, 0.717) is 5.56 Å². The third kappa shape index (κ3) is 3.47. The van der Waals surface area contributed by atoms with Crippen molar-refractivity contribution in [1.29, 1.82) is 0 Å². The van der Waals surface area contributed by atoms with Gasteiger partial charge in [-0.25, -0.2) is 0 Å². The molecule has 20 heavy (non-hydrogen) atoms. The van der Waals surface area contributed by atoms with Crippen molar-refractivity contribution < 1.29 is 9.90 Å². The van der Waals surface area contributed by atoms with Crippen LogP contribution >= 0.6 is 27.5 Å². The van der Waals surface area contributed by atoms with Gasteiger partial charge in [0.2, 0.25) is 0 Å². The van der Waals surface area contributed by atoms with Crippen LogP contribution < -0.4 is 5.32 Å². The number of hydrogen-bond acceptors (Lipinski definition) is 2. The highest BCUT2D eigenvalue weighted by Crippen LogP contribution is 2.33. The van der Waals surface area contributed by atoms with Crippen molar-refractivity contribution in [2.45, 2.75) is 38.1 Å². The van der Waals surface area contributed by atoms with Gasteiger partial charge in [-0.05, 0) is 49.8 Å². The number of carbonyl (C=O) groups is 1. The molecular formula is C15H19BrClNO2. The van der Waals surface area contributed by atoms with E-state index in [1.165, 1.54) is 12.1 Å². The van der Waals surface area contributed by atoms with E-state index in [4.69, 9.17) is 11.6 Å². The third-order valence-corrected chi connectivity index (χ3v) is 5.45. The lowest BCUT2D eigenvalue weighted by molar-refractivity contribution is 0.0874. The minimum Gasteiger partial charge on any atom is -0.506 e. The molecule has 110 valence electrons. The molecule has 1 fully saturated rings. The lowest BCUT2D eigenvalue weighted by atomic mass is 9.78. The highest BCUT2D eigenvalue weighted by atomic mass is 79.9. The summed E-state index contributed by atoms with van der Waals surface area (Å²) in [6.07, 6.45) is 4.22. The molecule has 1 aliphatic carbocycles. The normalized spacial score (nSPS) is 26.2. The number of benzene rings is 1. The van der Waals surface area contributed by atoms with Gasteiger partial charge in [-0.2, -0.15) is 0 Å². The first-order valence-electron chi connectivity index (χ1n) is 6.83. The third-order valence-electron chi connectivity index (χ3n) is 4.08. The second kappa shape index (κ2) is 6.35. The van der Waals surface area contributed by atoms with E-state index in [2.05, 4.69) is 28.2 Å². The second-order valence-electron chi connectivity index (χ2n) is 5.72. The van der Waals surface area contributed by atoms with Crippen molar-refractivity contribution >= 4 is 33.4 Å². The Kier molecular flexibility index (Phi) is 4.97. The van der Waals surface area contributed by atoms with Crippen LogP contribution in [0, 0.1) is 5.92 Å². The lowest BCUT2D eigenvalue weighted by Crippen LogP contribution is -2.52. The number of phenols is 1. The van der Waals surface area contributed by atoms with E-state index >= 15 is 0 Å². The minimum atomic E-state index is -0.173. The van der Waals surface area contributed by atoms with Gasteiger partial charge in [-0.1, -0.05) is 34.5 Å².